The molecule has 4 heteroatoms. The van der Waals surface area contributed by atoms with E-state index in [0.717, 1.165) is 22.6 Å². The van der Waals surface area contributed by atoms with Crippen LogP contribution in [0.5, 0.6) is 5.75 Å². The number of aliphatic imine (C=N–C) groups is 1. The minimum Gasteiger partial charge on any atom is -0.496 e. The topological polar surface area (TPSA) is 33.6 Å². The number of nitrogens with zero attached hydrogens (tertiary/aromatic N) is 1. The van der Waals surface area contributed by atoms with Gasteiger partial charge in [-0.2, -0.15) is 0 Å². The molecule has 1 unspecified atom stereocenters. The van der Waals surface area contributed by atoms with E-state index in [2.05, 4.69) is 88.1 Å². The van der Waals surface area contributed by atoms with Gasteiger partial charge in [0.05, 0.1) is 18.8 Å². The Bertz CT molecular complexity index is 1080. The van der Waals surface area contributed by atoms with Crippen LogP contribution >= 0.6 is 12.6 Å². The maximum absolute atomic E-state index is 5.54. The Morgan fingerprint density at radius 2 is 1.45 bits per heavy atom. The number of anilines is 1. The molecular formula is C29H34N2OS. The molecule has 0 fully saturated rings. The fourth-order valence-electron chi connectivity index (χ4n) is 3.92. The molecule has 3 nitrogen and oxygen atoms in total. The van der Waals surface area contributed by atoms with E-state index in [1.54, 1.807) is 12.5 Å². The van der Waals surface area contributed by atoms with Gasteiger partial charge in [-0.25, -0.2) is 0 Å². The van der Waals surface area contributed by atoms with Crippen LogP contribution < -0.4 is 10.1 Å². The van der Waals surface area contributed by atoms with Crippen LogP contribution in [0.3, 0.4) is 0 Å². The quantitative estimate of drug-likeness (QED) is 0.251. The maximum Gasteiger partial charge on any atom is 0.128 e. The van der Waals surface area contributed by atoms with Gasteiger partial charge in [0.25, 0.3) is 0 Å². The summed E-state index contributed by atoms with van der Waals surface area (Å²) in [5.41, 5.74) is 6.61. The molecule has 33 heavy (non-hydrogen) atoms. The first-order valence-electron chi connectivity index (χ1n) is 11.4. The molecule has 1 atom stereocenters. The van der Waals surface area contributed by atoms with Crippen molar-refractivity contribution in [3.05, 3.63) is 100 Å². The molecule has 3 aromatic carbocycles. The van der Waals surface area contributed by atoms with Crippen LogP contribution in [-0.2, 0) is 0 Å². The normalized spacial score (nSPS) is 13.0. The summed E-state index contributed by atoms with van der Waals surface area (Å²) in [5, 5.41) is 5.54. The zero-order valence-corrected chi connectivity index (χ0v) is 21.0. The number of rotatable bonds is 9. The van der Waals surface area contributed by atoms with Gasteiger partial charge in [-0.1, -0.05) is 88.4 Å². The van der Waals surface area contributed by atoms with Crippen LogP contribution in [-0.4, -0.2) is 13.3 Å². The average Bonchev–Trinajstić information content (AvgIpc) is 2.84. The largest absolute Gasteiger partial charge is 0.496 e. The summed E-state index contributed by atoms with van der Waals surface area (Å²) in [6.07, 6.45) is 1.96. The Balaban J connectivity index is 2.05. The summed E-state index contributed by atoms with van der Waals surface area (Å²) in [5.74, 6) is 1.58. The summed E-state index contributed by atoms with van der Waals surface area (Å²) in [6.45, 7) is 8.94. The second kappa shape index (κ2) is 11.8. The number of thiol groups is 1. The highest BCUT2D eigenvalue weighted by Gasteiger charge is 2.18. The number of para-hydroxylation sites is 2. The lowest BCUT2D eigenvalue weighted by molar-refractivity contribution is 0.413. The number of hydrogen-bond donors (Lipinski definition) is 2. The van der Waals surface area contributed by atoms with Crippen LogP contribution in [0.2, 0.25) is 0 Å². The fourth-order valence-corrected chi connectivity index (χ4v) is 4.13. The molecule has 3 rings (SSSR count). The van der Waals surface area contributed by atoms with Crippen molar-refractivity contribution in [2.75, 3.05) is 12.4 Å². The fraction of sp³-hybridized carbons (Fsp3) is 0.276. The highest BCUT2D eigenvalue weighted by atomic mass is 32.1. The molecule has 0 heterocycles. The molecule has 3 aromatic rings. The lowest BCUT2D eigenvalue weighted by Crippen LogP contribution is -2.16. The molecule has 0 amide bonds. The third-order valence-electron chi connectivity index (χ3n) is 5.70. The molecule has 0 spiro atoms. The number of nitrogens with one attached hydrogen (secondary N) is 1. The van der Waals surface area contributed by atoms with Gasteiger partial charge in [-0.3, -0.25) is 4.99 Å². The van der Waals surface area contributed by atoms with Crippen molar-refractivity contribution in [3.8, 4) is 5.75 Å². The number of hydrogen-bond acceptors (Lipinski definition) is 4. The van der Waals surface area contributed by atoms with Gasteiger partial charge < -0.3 is 10.1 Å². The van der Waals surface area contributed by atoms with Crippen LogP contribution in [0.15, 0.2) is 83.2 Å². The first-order valence-corrected chi connectivity index (χ1v) is 11.9. The van der Waals surface area contributed by atoms with Crippen molar-refractivity contribution in [1.29, 1.82) is 0 Å². The van der Waals surface area contributed by atoms with E-state index in [1.807, 2.05) is 36.5 Å². The average molecular weight is 459 g/mol. The van der Waals surface area contributed by atoms with Crippen LogP contribution in [0.1, 0.15) is 67.8 Å². The molecule has 0 aliphatic rings. The SMILES string of the molecule is COc1ccccc1/C(=C/S)N=CC(Nc1c(C(C)C)cccc1C(C)C)c1ccccc1. The van der Waals surface area contributed by atoms with Gasteiger partial charge in [0.2, 0.25) is 0 Å². The smallest absolute Gasteiger partial charge is 0.128 e. The maximum atomic E-state index is 5.54. The van der Waals surface area contributed by atoms with E-state index < -0.39 is 0 Å². The highest BCUT2D eigenvalue weighted by Crippen LogP contribution is 2.35. The Morgan fingerprint density at radius 3 is 2.03 bits per heavy atom. The Morgan fingerprint density at radius 1 is 0.848 bits per heavy atom. The Hall–Kier alpha value is -2.98. The van der Waals surface area contributed by atoms with Gasteiger partial charge in [0.1, 0.15) is 5.75 Å². The highest BCUT2D eigenvalue weighted by molar-refractivity contribution is 7.83. The van der Waals surface area contributed by atoms with Crippen molar-refractivity contribution < 1.29 is 4.74 Å². The summed E-state index contributed by atoms with van der Waals surface area (Å²) >= 11 is 4.44. The number of methoxy groups -OCH3 is 1. The number of ether oxygens (including phenoxy) is 1. The van der Waals surface area contributed by atoms with E-state index in [-0.39, 0.29) is 6.04 Å². The molecule has 0 aliphatic carbocycles. The molecule has 1 N–H and O–H groups in total. The van der Waals surface area contributed by atoms with E-state index in [0.29, 0.717) is 11.8 Å². The molecule has 0 saturated heterocycles. The molecule has 0 radical (unpaired) electrons. The summed E-state index contributed by atoms with van der Waals surface area (Å²) in [7, 11) is 1.67. The Labute approximate surface area is 204 Å². The van der Waals surface area contributed by atoms with Crippen LogP contribution in [0, 0.1) is 0 Å². The predicted molar refractivity (Wildman–Crippen MR) is 146 cm³/mol. The van der Waals surface area contributed by atoms with E-state index in [1.165, 1.54) is 16.8 Å². The Kier molecular flexibility index (Phi) is 8.79. The van der Waals surface area contributed by atoms with Crippen molar-refractivity contribution in [2.24, 2.45) is 4.99 Å². The van der Waals surface area contributed by atoms with Gasteiger partial charge >= 0.3 is 0 Å². The summed E-state index contributed by atoms with van der Waals surface area (Å²) < 4.78 is 5.54. The summed E-state index contributed by atoms with van der Waals surface area (Å²) in [4.78, 5) is 4.86. The van der Waals surface area contributed by atoms with Crippen molar-refractivity contribution in [3.63, 3.8) is 0 Å². The molecule has 0 aliphatic heterocycles. The van der Waals surface area contributed by atoms with Crippen LogP contribution in [0.25, 0.3) is 5.70 Å². The first-order chi connectivity index (χ1) is 16.0. The molecule has 172 valence electrons. The van der Waals surface area contributed by atoms with E-state index >= 15 is 0 Å². The zero-order chi connectivity index (χ0) is 23.8. The van der Waals surface area contributed by atoms with E-state index in [4.69, 9.17) is 9.73 Å². The number of benzene rings is 3. The first kappa shape index (κ1) is 24.7. The molecule has 0 aromatic heterocycles. The standard InChI is InChI=1S/C29H34N2OS/c1-20(2)23-15-11-16-24(21(3)4)29(23)31-26(22-12-7-6-8-13-22)18-30-27(19-33)25-14-9-10-17-28(25)32-5/h6-21,26,31,33H,1-5H3/b27-19-,30-18?. The van der Waals surface area contributed by atoms with Crippen LogP contribution in [0.4, 0.5) is 5.69 Å². The molecule has 0 saturated carbocycles. The zero-order valence-electron chi connectivity index (χ0n) is 20.1. The second-order valence-corrected chi connectivity index (χ2v) is 8.90. The third kappa shape index (κ3) is 6.08. The van der Waals surface area contributed by atoms with Crippen molar-refractivity contribution in [1.82, 2.24) is 0 Å². The monoisotopic (exact) mass is 458 g/mol. The lowest BCUT2D eigenvalue weighted by atomic mass is 9.92. The molecular weight excluding hydrogens is 424 g/mol. The van der Waals surface area contributed by atoms with Gasteiger partial charge in [0, 0.05) is 17.5 Å². The minimum atomic E-state index is -0.110. The van der Waals surface area contributed by atoms with E-state index in [9.17, 15) is 0 Å². The predicted octanol–water partition coefficient (Wildman–Crippen LogP) is 8.09. The second-order valence-electron chi connectivity index (χ2n) is 8.65. The lowest BCUT2D eigenvalue weighted by Gasteiger charge is -2.25. The van der Waals surface area contributed by atoms with Gasteiger partial charge in [-0.05, 0) is 46.1 Å². The van der Waals surface area contributed by atoms with Crippen molar-refractivity contribution in [2.45, 2.75) is 45.6 Å². The van der Waals surface area contributed by atoms with Gasteiger partial charge in [0.15, 0.2) is 0 Å². The van der Waals surface area contributed by atoms with Crippen molar-refractivity contribution >= 4 is 30.2 Å². The molecule has 0 bridgehead atoms. The third-order valence-corrected chi connectivity index (χ3v) is 5.94. The summed E-state index contributed by atoms with van der Waals surface area (Å²) in [6, 6.07) is 24.7. The van der Waals surface area contributed by atoms with Gasteiger partial charge in [-0.15, -0.1) is 12.6 Å². The minimum absolute atomic E-state index is 0.110.